The monoisotopic (exact) mass is 363 g/mol. The fourth-order valence-electron chi connectivity index (χ4n) is 2.14. The minimum atomic E-state index is -3.81. The van der Waals surface area contributed by atoms with E-state index in [1.54, 1.807) is 36.4 Å². The molecule has 0 spiro atoms. The molecule has 6 heteroatoms. The zero-order valence-electron chi connectivity index (χ0n) is 13.4. The average molecular weight is 364 g/mol. The van der Waals surface area contributed by atoms with Crippen LogP contribution in [-0.2, 0) is 14.8 Å². The molecule has 0 aliphatic carbocycles. The van der Waals surface area contributed by atoms with E-state index in [2.05, 4.69) is 11.3 Å². The Labute approximate surface area is 147 Å². The van der Waals surface area contributed by atoms with Gasteiger partial charge in [0.15, 0.2) is 5.78 Å². The molecule has 0 fully saturated rings. The van der Waals surface area contributed by atoms with Crippen LogP contribution >= 0.6 is 11.6 Å². The lowest BCUT2D eigenvalue weighted by molar-refractivity contribution is -0.113. The van der Waals surface area contributed by atoms with Crippen molar-refractivity contribution < 1.29 is 13.2 Å². The zero-order valence-corrected chi connectivity index (χ0v) is 15.0. The standard InChI is InChI=1S/C18H18ClNO3S/c1-12-4-10-17(11-5-12)24(22,23)20-18(13(2)14(3)21)15-6-8-16(19)9-7-15/h4-11,18,20H,2H2,1,3H3/t18-/m0/s1. The Kier molecular flexibility index (Phi) is 5.59. The van der Waals surface area contributed by atoms with Gasteiger partial charge in [0.25, 0.3) is 0 Å². The number of hydrogen-bond acceptors (Lipinski definition) is 3. The number of benzene rings is 2. The van der Waals surface area contributed by atoms with Crippen molar-refractivity contribution in [1.29, 1.82) is 0 Å². The van der Waals surface area contributed by atoms with Gasteiger partial charge < -0.3 is 0 Å². The van der Waals surface area contributed by atoms with Crippen LogP contribution in [0.2, 0.25) is 5.02 Å². The highest BCUT2D eigenvalue weighted by molar-refractivity contribution is 7.89. The summed E-state index contributed by atoms with van der Waals surface area (Å²) < 4.78 is 27.8. The number of Topliss-reactive ketones (excluding diaryl/α,β-unsaturated/α-hetero) is 1. The van der Waals surface area contributed by atoms with Gasteiger partial charge in [-0.3, -0.25) is 4.79 Å². The summed E-state index contributed by atoms with van der Waals surface area (Å²) >= 11 is 5.87. The van der Waals surface area contributed by atoms with Crippen LogP contribution in [0, 0.1) is 6.92 Å². The Morgan fingerprint density at radius 2 is 1.62 bits per heavy atom. The van der Waals surface area contributed by atoms with E-state index in [0.29, 0.717) is 10.6 Å². The molecule has 0 aliphatic rings. The molecule has 0 unspecified atom stereocenters. The SMILES string of the molecule is C=C(C(C)=O)[C@H](NS(=O)(=O)c1ccc(C)cc1)c1ccc(Cl)cc1. The summed E-state index contributed by atoms with van der Waals surface area (Å²) in [6.45, 7) is 6.96. The van der Waals surface area contributed by atoms with E-state index in [1.807, 2.05) is 6.92 Å². The molecular weight excluding hydrogens is 346 g/mol. The van der Waals surface area contributed by atoms with Crippen LogP contribution in [0.4, 0.5) is 0 Å². The van der Waals surface area contributed by atoms with Gasteiger partial charge in [-0.05, 0) is 43.7 Å². The average Bonchev–Trinajstić information content (AvgIpc) is 2.53. The Morgan fingerprint density at radius 1 is 1.08 bits per heavy atom. The Hall–Kier alpha value is -1.95. The normalized spacial score (nSPS) is 12.6. The second-order valence-electron chi connectivity index (χ2n) is 5.50. The van der Waals surface area contributed by atoms with Crippen LogP contribution < -0.4 is 4.72 Å². The highest BCUT2D eigenvalue weighted by Crippen LogP contribution is 2.25. The first-order valence-corrected chi connectivity index (χ1v) is 9.11. The molecule has 0 amide bonds. The second-order valence-corrected chi connectivity index (χ2v) is 7.65. The molecule has 4 nitrogen and oxygen atoms in total. The summed E-state index contributed by atoms with van der Waals surface area (Å²) in [5, 5.41) is 0.521. The van der Waals surface area contributed by atoms with Crippen molar-refractivity contribution in [3.8, 4) is 0 Å². The largest absolute Gasteiger partial charge is 0.295 e. The summed E-state index contributed by atoms with van der Waals surface area (Å²) in [6, 6.07) is 12.2. The minimum absolute atomic E-state index is 0.128. The molecule has 1 atom stereocenters. The number of nitrogens with one attached hydrogen (secondary N) is 1. The lowest BCUT2D eigenvalue weighted by Crippen LogP contribution is -2.31. The third kappa shape index (κ3) is 4.32. The van der Waals surface area contributed by atoms with Crippen molar-refractivity contribution in [1.82, 2.24) is 4.72 Å². The number of hydrogen-bond donors (Lipinski definition) is 1. The quantitative estimate of drug-likeness (QED) is 0.793. The third-order valence-electron chi connectivity index (χ3n) is 3.61. The summed E-state index contributed by atoms with van der Waals surface area (Å²) in [5.74, 6) is -0.290. The van der Waals surface area contributed by atoms with Gasteiger partial charge in [-0.2, -0.15) is 4.72 Å². The van der Waals surface area contributed by atoms with Gasteiger partial charge in [0.1, 0.15) is 0 Å². The molecule has 0 saturated heterocycles. The zero-order chi connectivity index (χ0) is 17.9. The van der Waals surface area contributed by atoms with E-state index >= 15 is 0 Å². The first-order chi connectivity index (χ1) is 11.2. The van der Waals surface area contributed by atoms with E-state index in [-0.39, 0.29) is 16.3 Å². The number of carbonyl (C=O) groups is 1. The Morgan fingerprint density at radius 3 is 2.12 bits per heavy atom. The molecule has 0 aromatic heterocycles. The van der Waals surface area contributed by atoms with Gasteiger partial charge >= 0.3 is 0 Å². The fraction of sp³-hybridized carbons (Fsp3) is 0.167. The number of rotatable bonds is 6. The topological polar surface area (TPSA) is 63.2 Å². The number of carbonyl (C=O) groups excluding carboxylic acids is 1. The summed E-state index contributed by atoms with van der Waals surface area (Å²) in [7, 11) is -3.81. The molecule has 2 aromatic carbocycles. The van der Waals surface area contributed by atoms with Gasteiger partial charge in [-0.15, -0.1) is 0 Å². The maximum Gasteiger partial charge on any atom is 0.241 e. The number of sulfonamides is 1. The first-order valence-electron chi connectivity index (χ1n) is 7.25. The third-order valence-corrected chi connectivity index (χ3v) is 5.30. The van der Waals surface area contributed by atoms with Crippen LogP contribution in [0.25, 0.3) is 0 Å². The molecule has 2 aromatic rings. The van der Waals surface area contributed by atoms with E-state index in [0.717, 1.165) is 5.56 Å². The van der Waals surface area contributed by atoms with Gasteiger partial charge in [-0.25, -0.2) is 8.42 Å². The molecule has 0 bridgehead atoms. The highest BCUT2D eigenvalue weighted by atomic mass is 35.5. The number of aryl methyl sites for hydroxylation is 1. The van der Waals surface area contributed by atoms with E-state index in [9.17, 15) is 13.2 Å². The van der Waals surface area contributed by atoms with Crippen LogP contribution in [-0.4, -0.2) is 14.2 Å². The molecule has 2 rings (SSSR count). The van der Waals surface area contributed by atoms with Crippen molar-refractivity contribution in [3.63, 3.8) is 0 Å². The van der Waals surface area contributed by atoms with Crippen LogP contribution in [0.5, 0.6) is 0 Å². The van der Waals surface area contributed by atoms with Crippen molar-refractivity contribution in [2.75, 3.05) is 0 Å². The molecule has 0 heterocycles. The van der Waals surface area contributed by atoms with Crippen LogP contribution in [0.3, 0.4) is 0 Å². The predicted molar refractivity (Wildman–Crippen MR) is 95.5 cm³/mol. The Balaban J connectivity index is 2.41. The molecule has 0 radical (unpaired) electrons. The molecular formula is C18H18ClNO3S. The lowest BCUT2D eigenvalue weighted by Gasteiger charge is -2.20. The van der Waals surface area contributed by atoms with E-state index in [4.69, 9.17) is 11.6 Å². The molecule has 1 N–H and O–H groups in total. The van der Waals surface area contributed by atoms with Gasteiger partial charge in [0.2, 0.25) is 10.0 Å². The van der Waals surface area contributed by atoms with Crippen molar-refractivity contribution in [2.45, 2.75) is 24.8 Å². The Bertz CT molecular complexity index is 856. The molecule has 24 heavy (non-hydrogen) atoms. The first kappa shape index (κ1) is 18.4. The van der Waals surface area contributed by atoms with E-state index in [1.165, 1.54) is 19.1 Å². The number of halogens is 1. The summed E-state index contributed by atoms with van der Waals surface area (Å²) in [6.07, 6.45) is 0. The maximum absolute atomic E-state index is 12.6. The van der Waals surface area contributed by atoms with Crippen molar-refractivity contribution in [3.05, 3.63) is 76.8 Å². The predicted octanol–water partition coefficient (Wildman–Crippen LogP) is 3.81. The second kappa shape index (κ2) is 7.30. The molecule has 0 saturated carbocycles. The fourth-order valence-corrected chi connectivity index (χ4v) is 3.48. The number of ketones is 1. The maximum atomic E-state index is 12.6. The highest BCUT2D eigenvalue weighted by Gasteiger charge is 2.25. The van der Waals surface area contributed by atoms with Gasteiger partial charge in [0.05, 0.1) is 10.9 Å². The minimum Gasteiger partial charge on any atom is -0.295 e. The van der Waals surface area contributed by atoms with Gasteiger partial charge in [0, 0.05) is 10.6 Å². The van der Waals surface area contributed by atoms with Gasteiger partial charge in [-0.1, -0.05) is 48.0 Å². The summed E-state index contributed by atoms with van der Waals surface area (Å²) in [5.41, 5.74) is 1.71. The molecule has 126 valence electrons. The van der Waals surface area contributed by atoms with Crippen molar-refractivity contribution in [2.24, 2.45) is 0 Å². The van der Waals surface area contributed by atoms with E-state index < -0.39 is 16.1 Å². The summed E-state index contributed by atoms with van der Waals surface area (Å²) in [4.78, 5) is 11.9. The van der Waals surface area contributed by atoms with Crippen LogP contribution in [0.1, 0.15) is 24.1 Å². The lowest BCUT2D eigenvalue weighted by atomic mass is 9.98. The molecule has 0 aliphatic heterocycles. The van der Waals surface area contributed by atoms with Crippen molar-refractivity contribution >= 4 is 27.4 Å². The smallest absolute Gasteiger partial charge is 0.241 e. The van der Waals surface area contributed by atoms with Crippen LogP contribution in [0.15, 0.2) is 65.6 Å².